The molecule has 1 aromatic rings. The average molecular weight is 266 g/mol. The van der Waals surface area contributed by atoms with Crippen molar-refractivity contribution in [1.82, 2.24) is 15.3 Å². The molecule has 1 saturated heterocycles. The van der Waals surface area contributed by atoms with Crippen molar-refractivity contribution in [1.29, 1.82) is 0 Å². The molecule has 19 heavy (non-hydrogen) atoms. The van der Waals surface area contributed by atoms with E-state index >= 15 is 0 Å². The number of aromatic nitrogens is 2. The molecule has 1 fully saturated rings. The Bertz CT molecular complexity index is 383. The van der Waals surface area contributed by atoms with Crippen molar-refractivity contribution in [3.63, 3.8) is 0 Å². The highest BCUT2D eigenvalue weighted by Crippen LogP contribution is 2.15. The molecule has 1 N–H and O–H groups in total. The van der Waals surface area contributed by atoms with Gasteiger partial charge < -0.3 is 19.7 Å². The van der Waals surface area contributed by atoms with E-state index in [1.54, 1.807) is 26.5 Å². The van der Waals surface area contributed by atoms with Gasteiger partial charge in [-0.25, -0.2) is 4.98 Å². The van der Waals surface area contributed by atoms with Gasteiger partial charge in [0.15, 0.2) is 0 Å². The fourth-order valence-electron chi connectivity index (χ4n) is 2.25. The Morgan fingerprint density at radius 3 is 3.05 bits per heavy atom. The first-order valence-corrected chi connectivity index (χ1v) is 6.68. The lowest BCUT2D eigenvalue weighted by molar-refractivity contribution is 0.204. The normalized spacial score (nSPS) is 18.5. The van der Waals surface area contributed by atoms with Crippen molar-refractivity contribution >= 4 is 5.95 Å². The quantitative estimate of drug-likeness (QED) is 0.783. The molecular formula is C13H22N4O2. The predicted octanol–water partition coefficient (Wildman–Crippen LogP) is 0.690. The molecule has 6 heteroatoms. The zero-order valence-corrected chi connectivity index (χ0v) is 11.6. The van der Waals surface area contributed by atoms with E-state index in [4.69, 9.17) is 9.47 Å². The van der Waals surface area contributed by atoms with Crippen LogP contribution in [0.15, 0.2) is 12.3 Å². The van der Waals surface area contributed by atoms with Gasteiger partial charge in [0.1, 0.15) is 0 Å². The fraction of sp³-hybridized carbons (Fsp3) is 0.692. The largest absolute Gasteiger partial charge is 0.481 e. The first-order valence-electron chi connectivity index (χ1n) is 6.68. The van der Waals surface area contributed by atoms with Gasteiger partial charge in [0, 0.05) is 38.5 Å². The van der Waals surface area contributed by atoms with Crippen LogP contribution in [0.4, 0.5) is 5.95 Å². The molecule has 0 radical (unpaired) electrons. The van der Waals surface area contributed by atoms with Crippen molar-refractivity contribution in [2.45, 2.75) is 18.9 Å². The van der Waals surface area contributed by atoms with Crippen molar-refractivity contribution in [2.75, 3.05) is 45.4 Å². The molecule has 0 amide bonds. The van der Waals surface area contributed by atoms with Crippen LogP contribution < -0.4 is 15.0 Å². The maximum Gasteiger partial charge on any atom is 0.228 e. The van der Waals surface area contributed by atoms with Crippen LogP contribution in [0.25, 0.3) is 0 Å². The summed E-state index contributed by atoms with van der Waals surface area (Å²) >= 11 is 0. The molecule has 1 unspecified atom stereocenters. The van der Waals surface area contributed by atoms with Gasteiger partial charge in [0.25, 0.3) is 0 Å². The van der Waals surface area contributed by atoms with Crippen LogP contribution in [0.5, 0.6) is 5.88 Å². The summed E-state index contributed by atoms with van der Waals surface area (Å²) in [7, 11) is 3.32. The Morgan fingerprint density at radius 2 is 2.37 bits per heavy atom. The molecule has 6 nitrogen and oxygen atoms in total. The fourth-order valence-corrected chi connectivity index (χ4v) is 2.25. The number of hydrogen-bond donors (Lipinski definition) is 1. The minimum absolute atomic E-state index is 0.506. The van der Waals surface area contributed by atoms with E-state index < -0.39 is 0 Å². The number of rotatable bonds is 7. The minimum atomic E-state index is 0.506. The molecule has 1 atom stereocenters. The first-order chi connectivity index (χ1) is 9.33. The van der Waals surface area contributed by atoms with Crippen LogP contribution in [0.2, 0.25) is 0 Å². The van der Waals surface area contributed by atoms with E-state index in [0.29, 0.717) is 24.5 Å². The molecule has 1 aliphatic heterocycles. The summed E-state index contributed by atoms with van der Waals surface area (Å²) in [6.07, 6.45) is 4.16. The molecule has 0 aromatic carbocycles. The monoisotopic (exact) mass is 266 g/mol. The molecule has 2 heterocycles. The second-order valence-corrected chi connectivity index (χ2v) is 4.63. The zero-order valence-electron chi connectivity index (χ0n) is 11.6. The van der Waals surface area contributed by atoms with Crippen LogP contribution >= 0.6 is 0 Å². The summed E-state index contributed by atoms with van der Waals surface area (Å²) in [5.41, 5.74) is 0. The van der Waals surface area contributed by atoms with Gasteiger partial charge in [0.2, 0.25) is 11.8 Å². The number of nitrogens with zero attached hydrogens (tertiary/aromatic N) is 3. The molecule has 106 valence electrons. The molecule has 0 spiro atoms. The third-order valence-corrected chi connectivity index (χ3v) is 3.28. The van der Waals surface area contributed by atoms with Gasteiger partial charge in [0.05, 0.1) is 13.7 Å². The maximum atomic E-state index is 5.17. The van der Waals surface area contributed by atoms with Gasteiger partial charge in [-0.1, -0.05) is 0 Å². The molecule has 0 bridgehead atoms. The Balaban J connectivity index is 2.05. The summed E-state index contributed by atoms with van der Waals surface area (Å²) in [6, 6.07) is 2.26. The Labute approximate surface area is 114 Å². The molecule has 2 rings (SSSR count). The molecule has 1 aliphatic rings. The lowest BCUT2D eigenvalue weighted by Gasteiger charge is -2.25. The van der Waals surface area contributed by atoms with E-state index in [9.17, 15) is 0 Å². The standard InChI is InChI=1S/C13H22N4O2/c1-18-9-8-17(10-11-4-3-6-14-11)13-15-7-5-12(16-13)19-2/h5,7,11,14H,3-4,6,8-10H2,1-2H3. The highest BCUT2D eigenvalue weighted by molar-refractivity contribution is 5.32. The zero-order chi connectivity index (χ0) is 13.5. The summed E-state index contributed by atoms with van der Waals surface area (Å²) in [5, 5.41) is 3.49. The van der Waals surface area contributed by atoms with Crippen LogP contribution in [0, 0.1) is 0 Å². The van der Waals surface area contributed by atoms with Crippen molar-refractivity contribution < 1.29 is 9.47 Å². The molecule has 0 saturated carbocycles. The van der Waals surface area contributed by atoms with Gasteiger partial charge in [-0.15, -0.1) is 0 Å². The lowest BCUT2D eigenvalue weighted by Crippen LogP contribution is -2.40. The minimum Gasteiger partial charge on any atom is -0.481 e. The number of anilines is 1. The summed E-state index contributed by atoms with van der Waals surface area (Å²) < 4.78 is 10.3. The van der Waals surface area contributed by atoms with Gasteiger partial charge in [-0.3, -0.25) is 0 Å². The van der Waals surface area contributed by atoms with Crippen molar-refractivity contribution in [3.8, 4) is 5.88 Å². The number of ether oxygens (including phenoxy) is 2. The lowest BCUT2D eigenvalue weighted by atomic mass is 10.2. The second kappa shape index (κ2) is 7.25. The summed E-state index contributed by atoms with van der Waals surface area (Å²) in [4.78, 5) is 10.9. The maximum absolute atomic E-state index is 5.17. The van der Waals surface area contributed by atoms with E-state index in [-0.39, 0.29) is 0 Å². The summed E-state index contributed by atoms with van der Waals surface area (Å²) in [5.74, 6) is 1.29. The topological polar surface area (TPSA) is 59.5 Å². The van der Waals surface area contributed by atoms with Crippen LogP contribution in [-0.2, 0) is 4.74 Å². The van der Waals surface area contributed by atoms with Crippen LogP contribution in [0.3, 0.4) is 0 Å². The molecule has 0 aliphatic carbocycles. The Kier molecular flexibility index (Phi) is 5.35. The van der Waals surface area contributed by atoms with Gasteiger partial charge >= 0.3 is 0 Å². The third-order valence-electron chi connectivity index (χ3n) is 3.28. The summed E-state index contributed by atoms with van der Waals surface area (Å²) in [6.45, 7) is 3.44. The van der Waals surface area contributed by atoms with Gasteiger partial charge in [-0.2, -0.15) is 4.98 Å². The van der Waals surface area contributed by atoms with Crippen LogP contribution in [-0.4, -0.2) is 56.5 Å². The SMILES string of the molecule is COCCN(CC1CCCN1)c1nccc(OC)n1. The van der Waals surface area contributed by atoms with E-state index in [2.05, 4.69) is 20.2 Å². The molecular weight excluding hydrogens is 244 g/mol. The van der Waals surface area contributed by atoms with E-state index in [0.717, 1.165) is 19.6 Å². The third kappa shape index (κ3) is 4.04. The number of nitrogens with one attached hydrogen (secondary N) is 1. The first kappa shape index (κ1) is 14.0. The van der Waals surface area contributed by atoms with E-state index in [1.165, 1.54) is 12.8 Å². The average Bonchev–Trinajstić information content (AvgIpc) is 2.96. The van der Waals surface area contributed by atoms with Crippen molar-refractivity contribution in [2.24, 2.45) is 0 Å². The van der Waals surface area contributed by atoms with E-state index in [1.807, 2.05) is 0 Å². The highest BCUT2D eigenvalue weighted by atomic mass is 16.5. The highest BCUT2D eigenvalue weighted by Gasteiger charge is 2.19. The Morgan fingerprint density at radius 1 is 1.47 bits per heavy atom. The van der Waals surface area contributed by atoms with Gasteiger partial charge in [-0.05, 0) is 19.4 Å². The molecule has 1 aromatic heterocycles. The van der Waals surface area contributed by atoms with Crippen molar-refractivity contribution in [3.05, 3.63) is 12.3 Å². The Hall–Kier alpha value is -1.40. The number of methoxy groups -OCH3 is 2. The van der Waals surface area contributed by atoms with Crippen LogP contribution in [0.1, 0.15) is 12.8 Å². The predicted molar refractivity (Wildman–Crippen MR) is 73.7 cm³/mol. The smallest absolute Gasteiger partial charge is 0.228 e. The second-order valence-electron chi connectivity index (χ2n) is 4.63. The number of hydrogen-bond acceptors (Lipinski definition) is 6.